The van der Waals surface area contributed by atoms with Crippen LogP contribution < -0.4 is 5.62 Å². The SMILES string of the molecule is Cc1cc(C)c(-n2ccn(CCCS(=O)(=O)O)c2=NN=Nc2ccccc2)c(C)c1. The molecule has 0 unspecified atom stereocenters. The molecule has 0 atom stereocenters. The third kappa shape index (κ3) is 5.52. The van der Waals surface area contributed by atoms with Gasteiger partial charge in [0.25, 0.3) is 10.1 Å². The van der Waals surface area contributed by atoms with E-state index in [4.69, 9.17) is 4.55 Å². The van der Waals surface area contributed by atoms with Crippen molar-refractivity contribution in [2.75, 3.05) is 5.75 Å². The molecule has 1 aromatic heterocycles. The van der Waals surface area contributed by atoms with Gasteiger partial charge in [0.15, 0.2) is 0 Å². The Hall–Kier alpha value is -3.04. The van der Waals surface area contributed by atoms with E-state index in [0.717, 1.165) is 16.8 Å². The second-order valence-corrected chi connectivity index (χ2v) is 8.75. The van der Waals surface area contributed by atoms with Crippen molar-refractivity contribution in [3.8, 4) is 5.69 Å². The average molecular weight is 428 g/mol. The van der Waals surface area contributed by atoms with Gasteiger partial charge in [0.05, 0.1) is 17.1 Å². The molecule has 3 aromatic rings. The van der Waals surface area contributed by atoms with Crippen molar-refractivity contribution in [3.63, 3.8) is 0 Å². The van der Waals surface area contributed by atoms with Gasteiger partial charge in [0.1, 0.15) is 0 Å². The highest BCUT2D eigenvalue weighted by Crippen LogP contribution is 2.20. The van der Waals surface area contributed by atoms with Gasteiger partial charge in [-0.2, -0.15) is 8.42 Å². The molecule has 0 bridgehead atoms. The smallest absolute Gasteiger partial charge is 0.264 e. The third-order valence-electron chi connectivity index (χ3n) is 4.60. The summed E-state index contributed by atoms with van der Waals surface area (Å²) in [6.45, 7) is 6.48. The van der Waals surface area contributed by atoms with Crippen molar-refractivity contribution in [1.82, 2.24) is 9.13 Å². The Balaban J connectivity index is 2.05. The summed E-state index contributed by atoms with van der Waals surface area (Å²) < 4.78 is 34.9. The molecular formula is C21H25N5O3S. The number of aryl methyl sites for hydroxylation is 4. The van der Waals surface area contributed by atoms with E-state index >= 15 is 0 Å². The van der Waals surface area contributed by atoms with Gasteiger partial charge >= 0.3 is 0 Å². The highest BCUT2D eigenvalue weighted by atomic mass is 32.2. The van der Waals surface area contributed by atoms with Crippen LogP contribution >= 0.6 is 0 Å². The second kappa shape index (κ2) is 9.19. The lowest BCUT2D eigenvalue weighted by Gasteiger charge is -2.12. The van der Waals surface area contributed by atoms with E-state index in [1.807, 2.05) is 68.1 Å². The van der Waals surface area contributed by atoms with Crippen LogP contribution in [0.4, 0.5) is 5.69 Å². The van der Waals surface area contributed by atoms with E-state index in [-0.39, 0.29) is 12.2 Å². The monoisotopic (exact) mass is 427 g/mol. The van der Waals surface area contributed by atoms with Gasteiger partial charge in [-0.05, 0) is 55.7 Å². The lowest BCUT2D eigenvalue weighted by molar-refractivity contribution is 0.477. The van der Waals surface area contributed by atoms with E-state index in [2.05, 4.69) is 27.6 Å². The summed E-state index contributed by atoms with van der Waals surface area (Å²) in [4.78, 5) is 0. The molecule has 9 heteroatoms. The Morgan fingerprint density at radius 1 is 1.00 bits per heavy atom. The molecule has 1 heterocycles. The quantitative estimate of drug-likeness (QED) is 0.349. The van der Waals surface area contributed by atoms with Gasteiger partial charge in [-0.25, -0.2) is 0 Å². The molecule has 0 fully saturated rings. The minimum atomic E-state index is -4.02. The Morgan fingerprint density at radius 3 is 2.30 bits per heavy atom. The van der Waals surface area contributed by atoms with Crippen molar-refractivity contribution in [2.24, 2.45) is 15.4 Å². The topological polar surface area (TPSA) is 101 Å². The standard InChI is InChI=1S/C21H25N5O3S/c1-16-14-17(2)20(18(3)15-16)26-12-11-25(10-7-13-30(27,28)29)21(26)23-24-22-19-8-5-4-6-9-19/h4-6,8-9,11-12,14-15H,7,10,13H2,1-3H3,(H,27,28,29). The fourth-order valence-corrected chi connectivity index (χ4v) is 3.95. The molecule has 0 saturated heterocycles. The predicted octanol–water partition coefficient (Wildman–Crippen LogP) is 4.08. The Morgan fingerprint density at radius 2 is 1.67 bits per heavy atom. The van der Waals surface area contributed by atoms with Gasteiger partial charge in [0, 0.05) is 18.9 Å². The molecule has 0 aliphatic heterocycles. The van der Waals surface area contributed by atoms with Crippen molar-refractivity contribution in [1.29, 1.82) is 0 Å². The largest absolute Gasteiger partial charge is 0.315 e. The maximum atomic E-state index is 11.1. The summed E-state index contributed by atoms with van der Waals surface area (Å²) in [7, 11) is -4.02. The molecule has 0 radical (unpaired) electrons. The van der Waals surface area contributed by atoms with Crippen molar-refractivity contribution < 1.29 is 13.0 Å². The number of nitrogens with zero attached hydrogens (tertiary/aromatic N) is 5. The number of imidazole rings is 1. The summed E-state index contributed by atoms with van der Waals surface area (Å²) >= 11 is 0. The molecular weight excluding hydrogens is 402 g/mol. The lowest BCUT2D eigenvalue weighted by Crippen LogP contribution is -2.26. The Labute approximate surface area is 176 Å². The minimum Gasteiger partial charge on any atom is -0.315 e. The molecule has 2 aromatic carbocycles. The zero-order valence-corrected chi connectivity index (χ0v) is 18.0. The van der Waals surface area contributed by atoms with Gasteiger partial charge in [-0.3, -0.25) is 9.12 Å². The Kier molecular flexibility index (Phi) is 6.63. The van der Waals surface area contributed by atoms with Gasteiger partial charge in [-0.1, -0.05) is 41.0 Å². The molecule has 0 aliphatic carbocycles. The number of hydrogen-bond acceptors (Lipinski definition) is 4. The molecule has 0 amide bonds. The van der Waals surface area contributed by atoms with Crippen molar-refractivity contribution >= 4 is 15.8 Å². The van der Waals surface area contributed by atoms with E-state index in [9.17, 15) is 8.42 Å². The molecule has 0 spiro atoms. The molecule has 3 rings (SSSR count). The van der Waals surface area contributed by atoms with Crippen LogP contribution in [-0.2, 0) is 16.7 Å². The first-order valence-corrected chi connectivity index (χ1v) is 11.2. The first-order chi connectivity index (χ1) is 14.2. The molecule has 0 aliphatic rings. The molecule has 0 saturated carbocycles. The van der Waals surface area contributed by atoms with Crippen LogP contribution in [0.2, 0.25) is 0 Å². The molecule has 30 heavy (non-hydrogen) atoms. The summed E-state index contributed by atoms with van der Waals surface area (Å²) in [5.41, 5.74) is 5.53. The fraction of sp³-hybridized carbons (Fsp3) is 0.286. The third-order valence-corrected chi connectivity index (χ3v) is 5.40. The van der Waals surface area contributed by atoms with Crippen LogP contribution in [0.25, 0.3) is 5.69 Å². The fourth-order valence-electron chi connectivity index (χ4n) is 3.45. The first kappa shape index (κ1) is 21.7. The summed E-state index contributed by atoms with van der Waals surface area (Å²) in [6.07, 6.45) is 3.94. The van der Waals surface area contributed by atoms with Crippen LogP contribution in [0.15, 0.2) is 70.3 Å². The number of hydrogen-bond donors (Lipinski definition) is 1. The number of benzene rings is 2. The lowest BCUT2D eigenvalue weighted by atomic mass is 10.1. The number of aromatic nitrogens is 2. The van der Waals surface area contributed by atoms with E-state index in [0.29, 0.717) is 17.9 Å². The van der Waals surface area contributed by atoms with Gasteiger partial charge in [0.2, 0.25) is 5.62 Å². The zero-order chi connectivity index (χ0) is 21.7. The second-order valence-electron chi connectivity index (χ2n) is 7.17. The van der Waals surface area contributed by atoms with Crippen LogP contribution in [-0.4, -0.2) is 27.9 Å². The van der Waals surface area contributed by atoms with Crippen LogP contribution in [0.5, 0.6) is 0 Å². The van der Waals surface area contributed by atoms with E-state index in [1.54, 1.807) is 4.57 Å². The van der Waals surface area contributed by atoms with Crippen molar-refractivity contribution in [3.05, 3.63) is 77.2 Å². The first-order valence-electron chi connectivity index (χ1n) is 9.55. The molecule has 8 nitrogen and oxygen atoms in total. The zero-order valence-electron chi connectivity index (χ0n) is 17.2. The summed E-state index contributed by atoms with van der Waals surface area (Å²) in [5.74, 6) is -0.321. The average Bonchev–Trinajstić information content (AvgIpc) is 3.03. The predicted molar refractivity (Wildman–Crippen MR) is 116 cm³/mol. The number of rotatable bonds is 7. The highest BCUT2D eigenvalue weighted by molar-refractivity contribution is 7.85. The Bertz CT molecular complexity index is 1200. The van der Waals surface area contributed by atoms with Crippen LogP contribution in [0.1, 0.15) is 23.1 Å². The highest BCUT2D eigenvalue weighted by Gasteiger charge is 2.11. The van der Waals surface area contributed by atoms with E-state index in [1.165, 1.54) is 5.56 Å². The maximum absolute atomic E-state index is 11.1. The van der Waals surface area contributed by atoms with Crippen molar-refractivity contribution in [2.45, 2.75) is 33.7 Å². The minimum absolute atomic E-state index is 0.248. The summed E-state index contributed by atoms with van der Waals surface area (Å²) in [6, 6.07) is 13.5. The maximum Gasteiger partial charge on any atom is 0.264 e. The van der Waals surface area contributed by atoms with Crippen LogP contribution in [0, 0.1) is 20.8 Å². The summed E-state index contributed by atoms with van der Waals surface area (Å²) in [5, 5.41) is 12.5. The van der Waals surface area contributed by atoms with E-state index < -0.39 is 10.1 Å². The normalized spacial score (nSPS) is 12.7. The van der Waals surface area contributed by atoms with Gasteiger partial charge in [-0.15, -0.1) is 5.11 Å². The molecule has 158 valence electrons. The van der Waals surface area contributed by atoms with Gasteiger partial charge < -0.3 is 4.57 Å². The van der Waals surface area contributed by atoms with Crippen LogP contribution in [0.3, 0.4) is 0 Å². The molecule has 1 N–H and O–H groups in total.